The van der Waals surface area contributed by atoms with Crippen LogP contribution in [0.2, 0.25) is 0 Å². The summed E-state index contributed by atoms with van der Waals surface area (Å²) in [6, 6.07) is 2.63. The molecule has 1 amide bonds. The fraction of sp³-hybridized carbons (Fsp3) is 0.455. The maximum absolute atomic E-state index is 12.0. The molecule has 0 aromatic carbocycles. The van der Waals surface area contributed by atoms with Gasteiger partial charge in [0.1, 0.15) is 0 Å². The monoisotopic (exact) mass is 325 g/mol. The van der Waals surface area contributed by atoms with Gasteiger partial charge in [0, 0.05) is 18.3 Å². The second-order valence-electron chi connectivity index (χ2n) is 4.25. The van der Waals surface area contributed by atoms with Crippen molar-refractivity contribution in [3.8, 4) is 0 Å². The first-order valence-corrected chi connectivity index (χ1v) is 7.70. The number of amides is 1. The quantitative estimate of drug-likeness (QED) is 0.810. The number of aromatic nitrogens is 1. The molecule has 21 heavy (non-hydrogen) atoms. The van der Waals surface area contributed by atoms with Crippen molar-refractivity contribution in [1.82, 2.24) is 15.0 Å². The van der Waals surface area contributed by atoms with Gasteiger partial charge in [-0.1, -0.05) is 0 Å². The molecule has 0 aliphatic heterocycles. The normalized spacial score (nSPS) is 12.2. The third-order valence-corrected chi connectivity index (χ3v) is 2.96. The standard InChI is InChI=1S/C11H14F3N3O3S/c1-21(19,20)17-7-9-6-8(2-4-15-9)10(18)16-5-3-11(12,13)14/h2,4,6,17H,3,5,7H2,1H3,(H,16,18). The summed E-state index contributed by atoms with van der Waals surface area (Å²) in [5, 5.41) is 2.13. The third-order valence-electron chi connectivity index (χ3n) is 2.29. The molecule has 1 aromatic rings. The van der Waals surface area contributed by atoms with Crippen molar-refractivity contribution in [1.29, 1.82) is 0 Å². The SMILES string of the molecule is CS(=O)(=O)NCc1cc(C(=O)NCCC(F)(F)F)ccn1. The summed E-state index contributed by atoms with van der Waals surface area (Å²) in [4.78, 5) is 15.5. The first kappa shape index (κ1) is 17.4. The van der Waals surface area contributed by atoms with Crippen LogP contribution >= 0.6 is 0 Å². The lowest BCUT2D eigenvalue weighted by Gasteiger charge is -2.08. The summed E-state index contributed by atoms with van der Waals surface area (Å²) >= 11 is 0. The molecular weight excluding hydrogens is 311 g/mol. The largest absolute Gasteiger partial charge is 0.390 e. The van der Waals surface area contributed by atoms with Crippen molar-refractivity contribution < 1.29 is 26.4 Å². The molecule has 0 aliphatic rings. The Bertz CT molecular complexity index is 602. The van der Waals surface area contributed by atoms with Crippen LogP contribution in [0.4, 0.5) is 13.2 Å². The molecule has 10 heteroatoms. The number of alkyl halides is 3. The van der Waals surface area contributed by atoms with Gasteiger partial charge in [0.25, 0.3) is 5.91 Å². The van der Waals surface area contributed by atoms with Gasteiger partial charge in [0.15, 0.2) is 0 Å². The minimum atomic E-state index is -4.34. The van der Waals surface area contributed by atoms with Crippen LogP contribution in [0, 0.1) is 0 Å². The van der Waals surface area contributed by atoms with E-state index in [0.29, 0.717) is 0 Å². The van der Waals surface area contributed by atoms with Crippen LogP contribution in [0.25, 0.3) is 0 Å². The van der Waals surface area contributed by atoms with Gasteiger partial charge in [0.2, 0.25) is 10.0 Å². The number of pyridine rings is 1. The summed E-state index contributed by atoms with van der Waals surface area (Å²) in [6.45, 7) is -0.635. The third kappa shape index (κ3) is 7.61. The Morgan fingerprint density at radius 1 is 1.38 bits per heavy atom. The van der Waals surface area contributed by atoms with Crippen LogP contribution in [-0.2, 0) is 16.6 Å². The van der Waals surface area contributed by atoms with Crippen molar-refractivity contribution in [2.24, 2.45) is 0 Å². The van der Waals surface area contributed by atoms with Crippen LogP contribution < -0.4 is 10.0 Å². The lowest BCUT2D eigenvalue weighted by atomic mass is 10.2. The van der Waals surface area contributed by atoms with Crippen LogP contribution in [0.5, 0.6) is 0 Å². The second kappa shape index (κ2) is 6.85. The molecule has 1 heterocycles. The number of rotatable bonds is 6. The molecule has 0 saturated heterocycles. The molecule has 0 unspecified atom stereocenters. The van der Waals surface area contributed by atoms with Crippen molar-refractivity contribution in [3.63, 3.8) is 0 Å². The zero-order valence-electron chi connectivity index (χ0n) is 11.1. The summed E-state index contributed by atoms with van der Waals surface area (Å²) in [7, 11) is -3.40. The molecular formula is C11H14F3N3O3S. The second-order valence-corrected chi connectivity index (χ2v) is 6.08. The Balaban J connectivity index is 2.61. The molecule has 0 atom stereocenters. The molecule has 0 bridgehead atoms. The zero-order chi connectivity index (χ0) is 16.1. The number of sulfonamides is 1. The Labute approximate surface area is 119 Å². The van der Waals surface area contributed by atoms with Crippen LogP contribution in [0.1, 0.15) is 22.5 Å². The van der Waals surface area contributed by atoms with Crippen molar-refractivity contribution >= 4 is 15.9 Å². The minimum Gasteiger partial charge on any atom is -0.352 e. The molecule has 2 N–H and O–H groups in total. The predicted molar refractivity (Wildman–Crippen MR) is 68.9 cm³/mol. The number of halogens is 3. The predicted octanol–water partition coefficient (Wildman–Crippen LogP) is 0.813. The smallest absolute Gasteiger partial charge is 0.352 e. The summed E-state index contributed by atoms with van der Waals surface area (Å²) in [6.07, 6.45) is -3.21. The van der Waals surface area contributed by atoms with Gasteiger partial charge in [-0.2, -0.15) is 13.2 Å². The molecule has 6 nitrogen and oxygen atoms in total. The lowest BCUT2D eigenvalue weighted by Crippen LogP contribution is -2.28. The number of nitrogens with zero attached hydrogens (tertiary/aromatic N) is 1. The van der Waals surface area contributed by atoms with Crippen LogP contribution in [0.15, 0.2) is 18.3 Å². The fourth-order valence-corrected chi connectivity index (χ4v) is 1.75. The summed E-state index contributed by atoms with van der Waals surface area (Å²) in [5.41, 5.74) is 0.390. The van der Waals surface area contributed by atoms with E-state index in [9.17, 15) is 26.4 Å². The van der Waals surface area contributed by atoms with Gasteiger partial charge in [0.05, 0.1) is 24.9 Å². The van der Waals surface area contributed by atoms with Crippen molar-refractivity contribution in [3.05, 3.63) is 29.6 Å². The first-order valence-electron chi connectivity index (χ1n) is 5.81. The number of carbonyl (C=O) groups is 1. The fourth-order valence-electron chi connectivity index (χ4n) is 1.34. The Morgan fingerprint density at radius 3 is 2.62 bits per heavy atom. The topological polar surface area (TPSA) is 88.2 Å². The molecule has 0 fully saturated rings. The van der Waals surface area contributed by atoms with Gasteiger partial charge in [-0.25, -0.2) is 13.1 Å². The number of hydrogen-bond acceptors (Lipinski definition) is 4. The number of hydrogen-bond donors (Lipinski definition) is 2. The number of nitrogens with one attached hydrogen (secondary N) is 2. The average molecular weight is 325 g/mol. The number of carbonyl (C=O) groups excluding carboxylic acids is 1. The highest BCUT2D eigenvalue weighted by Crippen LogP contribution is 2.18. The molecule has 1 rings (SSSR count). The maximum Gasteiger partial charge on any atom is 0.390 e. The van der Waals surface area contributed by atoms with Gasteiger partial charge in [-0.05, 0) is 12.1 Å². The minimum absolute atomic E-state index is 0.109. The van der Waals surface area contributed by atoms with Crippen LogP contribution in [0.3, 0.4) is 0 Å². The summed E-state index contributed by atoms with van der Waals surface area (Å²) < 4.78 is 59.9. The molecule has 0 radical (unpaired) electrons. The van der Waals surface area contributed by atoms with Gasteiger partial charge < -0.3 is 5.32 Å². The van der Waals surface area contributed by atoms with Gasteiger partial charge in [-0.15, -0.1) is 0 Å². The van der Waals surface area contributed by atoms with Crippen LogP contribution in [-0.4, -0.2) is 38.3 Å². The van der Waals surface area contributed by atoms with E-state index in [4.69, 9.17) is 0 Å². The molecule has 0 saturated carbocycles. The highest BCUT2D eigenvalue weighted by atomic mass is 32.2. The van der Waals surface area contributed by atoms with E-state index in [-0.39, 0.29) is 17.8 Å². The average Bonchev–Trinajstić information content (AvgIpc) is 2.34. The lowest BCUT2D eigenvalue weighted by molar-refractivity contribution is -0.132. The van der Waals surface area contributed by atoms with E-state index in [1.807, 2.05) is 0 Å². The van der Waals surface area contributed by atoms with Gasteiger partial charge >= 0.3 is 6.18 Å². The first-order chi connectivity index (χ1) is 9.57. The molecule has 0 aliphatic carbocycles. The maximum atomic E-state index is 12.0. The van der Waals surface area contributed by atoms with E-state index < -0.39 is 35.1 Å². The van der Waals surface area contributed by atoms with E-state index in [2.05, 4.69) is 15.0 Å². The molecule has 0 spiro atoms. The highest BCUT2D eigenvalue weighted by Gasteiger charge is 2.26. The van der Waals surface area contributed by atoms with Gasteiger partial charge in [-0.3, -0.25) is 9.78 Å². The molecule has 118 valence electrons. The van der Waals surface area contributed by atoms with E-state index in [1.165, 1.54) is 18.3 Å². The van der Waals surface area contributed by atoms with Crippen molar-refractivity contribution in [2.45, 2.75) is 19.1 Å². The van der Waals surface area contributed by atoms with E-state index >= 15 is 0 Å². The van der Waals surface area contributed by atoms with E-state index in [0.717, 1.165) is 6.26 Å². The van der Waals surface area contributed by atoms with Crippen molar-refractivity contribution in [2.75, 3.05) is 12.8 Å². The zero-order valence-corrected chi connectivity index (χ0v) is 11.9. The Kier molecular flexibility index (Phi) is 5.67. The Hall–Kier alpha value is -1.68. The Morgan fingerprint density at radius 2 is 2.05 bits per heavy atom. The highest BCUT2D eigenvalue weighted by molar-refractivity contribution is 7.88. The summed E-state index contributed by atoms with van der Waals surface area (Å²) in [5.74, 6) is -0.678. The van der Waals surface area contributed by atoms with E-state index in [1.54, 1.807) is 0 Å². The molecule has 1 aromatic heterocycles.